The monoisotopic (exact) mass is 321 g/mol. The zero-order valence-corrected chi connectivity index (χ0v) is 13.9. The van der Waals surface area contributed by atoms with Crippen molar-refractivity contribution in [2.45, 2.75) is 30.7 Å². The van der Waals surface area contributed by atoms with Gasteiger partial charge in [-0.2, -0.15) is 0 Å². The number of hydrogen-bond donors (Lipinski definition) is 2. The Labute approximate surface area is 133 Å². The van der Waals surface area contributed by atoms with Crippen LogP contribution in [0.3, 0.4) is 0 Å². The van der Waals surface area contributed by atoms with Crippen LogP contribution in [0.15, 0.2) is 41.8 Å². The molecule has 4 nitrogen and oxygen atoms in total. The normalized spacial score (nSPS) is 31.1. The van der Waals surface area contributed by atoms with Gasteiger partial charge < -0.3 is 4.90 Å². The van der Waals surface area contributed by atoms with Gasteiger partial charge in [-0.15, -0.1) is 6.58 Å². The molecule has 0 saturated carbocycles. The van der Waals surface area contributed by atoms with Crippen LogP contribution in [0.25, 0.3) is 0 Å². The number of benzene rings is 1. The van der Waals surface area contributed by atoms with Crippen LogP contribution < -0.4 is 9.62 Å². The number of hydrogen-bond acceptors (Lipinski definition) is 2. The minimum atomic E-state index is -3.40. The summed E-state index contributed by atoms with van der Waals surface area (Å²) in [6.07, 6.45) is 4.42. The lowest BCUT2D eigenvalue weighted by atomic mass is 9.76. The molecule has 5 heteroatoms. The van der Waals surface area contributed by atoms with Crippen LogP contribution in [-0.4, -0.2) is 34.1 Å². The first-order valence-electron chi connectivity index (χ1n) is 8.03. The summed E-state index contributed by atoms with van der Waals surface area (Å²) in [5, 5.41) is 0. The van der Waals surface area contributed by atoms with Crippen molar-refractivity contribution in [1.29, 1.82) is 0 Å². The highest BCUT2D eigenvalue weighted by molar-refractivity contribution is 7.89. The van der Waals surface area contributed by atoms with Gasteiger partial charge in [0.05, 0.1) is 24.5 Å². The molecule has 2 bridgehead atoms. The topological polar surface area (TPSA) is 50.6 Å². The van der Waals surface area contributed by atoms with Gasteiger partial charge in [0.15, 0.2) is 0 Å². The van der Waals surface area contributed by atoms with Crippen molar-refractivity contribution >= 4 is 10.0 Å². The SMILES string of the molecule is C=C[C@H]1C[NH+]2CC[C@H]1C[C@@H]2CNS(=O)(=O)c1ccc(C)cc1. The summed E-state index contributed by atoms with van der Waals surface area (Å²) in [7, 11) is -3.40. The summed E-state index contributed by atoms with van der Waals surface area (Å²) < 4.78 is 27.6. The zero-order valence-electron chi connectivity index (χ0n) is 13.1. The van der Waals surface area contributed by atoms with Gasteiger partial charge in [-0.1, -0.05) is 23.8 Å². The number of quaternary nitrogens is 1. The molecule has 3 saturated heterocycles. The van der Waals surface area contributed by atoms with E-state index in [9.17, 15) is 8.42 Å². The quantitative estimate of drug-likeness (QED) is 0.787. The maximum Gasteiger partial charge on any atom is 0.240 e. The number of aryl methyl sites for hydroxylation is 1. The molecule has 1 aromatic carbocycles. The van der Waals surface area contributed by atoms with E-state index in [1.165, 1.54) is 11.3 Å². The van der Waals surface area contributed by atoms with Gasteiger partial charge in [-0.25, -0.2) is 13.1 Å². The van der Waals surface area contributed by atoms with Crippen LogP contribution >= 0.6 is 0 Å². The Hall–Kier alpha value is -1.17. The fourth-order valence-electron chi connectivity index (χ4n) is 3.87. The molecule has 3 aliphatic heterocycles. The Morgan fingerprint density at radius 1 is 1.36 bits per heavy atom. The lowest BCUT2D eigenvalue weighted by Crippen LogP contribution is -3.20. The predicted molar refractivity (Wildman–Crippen MR) is 87.3 cm³/mol. The van der Waals surface area contributed by atoms with E-state index in [0.717, 1.165) is 25.1 Å². The minimum Gasteiger partial charge on any atom is -0.331 e. The maximum atomic E-state index is 12.4. The van der Waals surface area contributed by atoms with E-state index in [-0.39, 0.29) is 0 Å². The van der Waals surface area contributed by atoms with Gasteiger partial charge in [0, 0.05) is 18.8 Å². The number of nitrogens with one attached hydrogen (secondary N) is 2. The van der Waals surface area contributed by atoms with Crippen LogP contribution in [-0.2, 0) is 10.0 Å². The van der Waals surface area contributed by atoms with E-state index < -0.39 is 10.0 Å². The fourth-order valence-corrected chi connectivity index (χ4v) is 4.95. The minimum absolute atomic E-state index is 0.355. The molecular weight excluding hydrogens is 296 g/mol. The largest absolute Gasteiger partial charge is 0.331 e. The van der Waals surface area contributed by atoms with Crippen molar-refractivity contribution in [3.8, 4) is 0 Å². The smallest absolute Gasteiger partial charge is 0.240 e. The molecule has 3 fully saturated rings. The highest BCUT2D eigenvalue weighted by Crippen LogP contribution is 2.27. The first-order valence-corrected chi connectivity index (χ1v) is 9.51. The van der Waals surface area contributed by atoms with Crippen LogP contribution in [0.5, 0.6) is 0 Å². The molecule has 0 aromatic heterocycles. The average molecular weight is 321 g/mol. The summed E-state index contributed by atoms with van der Waals surface area (Å²) in [6.45, 7) is 8.68. The molecule has 1 unspecified atom stereocenters. The van der Waals surface area contributed by atoms with Gasteiger partial charge in [0.2, 0.25) is 10.0 Å². The van der Waals surface area contributed by atoms with E-state index in [4.69, 9.17) is 0 Å². The lowest BCUT2D eigenvalue weighted by molar-refractivity contribution is -0.944. The molecule has 1 aromatic rings. The van der Waals surface area contributed by atoms with Gasteiger partial charge in [-0.3, -0.25) is 0 Å². The van der Waals surface area contributed by atoms with E-state index in [1.807, 2.05) is 19.1 Å². The first kappa shape index (κ1) is 15.7. The van der Waals surface area contributed by atoms with Gasteiger partial charge >= 0.3 is 0 Å². The molecule has 0 spiro atoms. The van der Waals surface area contributed by atoms with Crippen molar-refractivity contribution in [1.82, 2.24) is 4.72 Å². The average Bonchev–Trinajstić information content (AvgIpc) is 2.54. The third kappa shape index (κ3) is 3.12. The molecular formula is C17H25N2O2S+. The summed E-state index contributed by atoms with van der Waals surface area (Å²) >= 11 is 0. The Kier molecular flexibility index (Phi) is 4.39. The summed E-state index contributed by atoms with van der Waals surface area (Å²) in [6, 6.07) is 7.41. The second-order valence-corrected chi connectivity index (χ2v) is 8.43. The van der Waals surface area contributed by atoms with Crippen LogP contribution in [0.2, 0.25) is 0 Å². The lowest BCUT2D eigenvalue weighted by Gasteiger charge is -2.46. The van der Waals surface area contributed by atoms with Crippen molar-refractivity contribution in [2.75, 3.05) is 19.6 Å². The van der Waals surface area contributed by atoms with Crippen LogP contribution in [0.1, 0.15) is 18.4 Å². The Bertz CT molecular complexity index is 639. The molecule has 120 valence electrons. The second kappa shape index (κ2) is 6.14. The molecule has 2 N–H and O–H groups in total. The van der Waals surface area contributed by atoms with E-state index in [2.05, 4.69) is 17.4 Å². The standard InChI is InChI=1S/C17H24N2O2S/c1-3-14-12-19-9-8-15(14)10-16(19)11-18-22(20,21)17-6-4-13(2)5-7-17/h3-7,14-16,18H,1,8-12H2,2H3/p+1/t14-,15-,16+/m0/s1. The van der Waals surface area contributed by atoms with Crippen molar-refractivity contribution < 1.29 is 13.3 Å². The van der Waals surface area contributed by atoms with Crippen molar-refractivity contribution in [3.05, 3.63) is 42.5 Å². The number of fused-ring (bicyclic) bond motifs is 3. The number of piperidine rings is 3. The molecule has 3 heterocycles. The van der Waals surface area contributed by atoms with Gasteiger partial charge in [0.25, 0.3) is 0 Å². The van der Waals surface area contributed by atoms with Gasteiger partial charge in [0.1, 0.15) is 6.04 Å². The fraction of sp³-hybridized carbons (Fsp3) is 0.529. The molecule has 4 rings (SSSR count). The third-order valence-electron chi connectivity index (χ3n) is 5.26. The van der Waals surface area contributed by atoms with E-state index in [0.29, 0.717) is 29.3 Å². The summed E-state index contributed by atoms with van der Waals surface area (Å²) in [4.78, 5) is 1.88. The molecule has 22 heavy (non-hydrogen) atoms. The summed E-state index contributed by atoms with van der Waals surface area (Å²) in [5.74, 6) is 1.29. The number of sulfonamides is 1. The van der Waals surface area contributed by atoms with Crippen LogP contribution in [0, 0.1) is 18.8 Å². The zero-order chi connectivity index (χ0) is 15.7. The van der Waals surface area contributed by atoms with Crippen LogP contribution in [0.4, 0.5) is 0 Å². The molecule has 4 atom stereocenters. The van der Waals surface area contributed by atoms with Gasteiger partial charge in [-0.05, 0) is 25.0 Å². The first-order chi connectivity index (χ1) is 10.5. The second-order valence-electron chi connectivity index (χ2n) is 6.66. The highest BCUT2D eigenvalue weighted by atomic mass is 32.2. The molecule has 0 aliphatic carbocycles. The Morgan fingerprint density at radius 3 is 2.68 bits per heavy atom. The van der Waals surface area contributed by atoms with E-state index >= 15 is 0 Å². The molecule has 0 amide bonds. The summed E-state index contributed by atoms with van der Waals surface area (Å²) in [5.41, 5.74) is 1.06. The molecule has 0 radical (unpaired) electrons. The Balaban J connectivity index is 1.63. The maximum absolute atomic E-state index is 12.4. The van der Waals surface area contributed by atoms with Crippen molar-refractivity contribution in [2.24, 2.45) is 11.8 Å². The van der Waals surface area contributed by atoms with Crippen molar-refractivity contribution in [3.63, 3.8) is 0 Å². The predicted octanol–water partition coefficient (Wildman–Crippen LogP) is 0.753. The number of rotatable bonds is 5. The highest BCUT2D eigenvalue weighted by Gasteiger charge is 2.42. The van der Waals surface area contributed by atoms with E-state index in [1.54, 1.807) is 12.1 Å². The Morgan fingerprint density at radius 2 is 2.09 bits per heavy atom. The third-order valence-corrected chi connectivity index (χ3v) is 6.70. The molecule has 3 aliphatic rings.